The van der Waals surface area contributed by atoms with E-state index < -0.39 is 0 Å². The normalized spacial score (nSPS) is 19.4. The predicted molar refractivity (Wildman–Crippen MR) is 59.0 cm³/mol. The summed E-state index contributed by atoms with van der Waals surface area (Å²) in [4.78, 5) is 0. The third kappa shape index (κ3) is 6.10. The molecule has 0 fully saturated rings. The summed E-state index contributed by atoms with van der Waals surface area (Å²) in [5, 5.41) is 0. The van der Waals surface area contributed by atoms with Crippen LogP contribution in [-0.4, -0.2) is 0 Å². The van der Waals surface area contributed by atoms with Gasteiger partial charge in [-0.1, -0.05) is 33.6 Å². The summed E-state index contributed by atoms with van der Waals surface area (Å²) >= 11 is 0. The van der Waals surface area contributed by atoms with Gasteiger partial charge in [-0.25, -0.2) is 11.6 Å². The maximum atomic E-state index is 3.40. The van der Waals surface area contributed by atoms with Crippen LogP contribution in [-0.2, 0) is 26.2 Å². The Balaban J connectivity index is -0.000000333. The number of rotatable bonds is 0. The summed E-state index contributed by atoms with van der Waals surface area (Å²) < 4.78 is 0. The Morgan fingerprint density at radius 2 is 1.69 bits per heavy atom. The van der Waals surface area contributed by atoms with E-state index in [1.54, 1.807) is 0 Å². The first-order chi connectivity index (χ1) is 4.50. The minimum atomic E-state index is 0. The Hall–Kier alpha value is 0.943. The fourth-order valence-corrected chi connectivity index (χ4v) is 1.05. The molecule has 3 heteroatoms. The minimum Gasteiger partial charge on any atom is -0.266 e. The fourth-order valence-electron chi connectivity index (χ4n) is 1.05. The Morgan fingerprint density at radius 3 is 1.85 bits per heavy atom. The van der Waals surface area contributed by atoms with Crippen molar-refractivity contribution in [2.24, 2.45) is 11.3 Å². The monoisotopic (exact) mass is 297 g/mol. The molecule has 0 aliphatic heterocycles. The van der Waals surface area contributed by atoms with Crippen LogP contribution in [0.4, 0.5) is 0 Å². The number of hydrogen-bond acceptors (Lipinski definition) is 0. The third-order valence-electron chi connectivity index (χ3n) is 1.74. The molecule has 0 aromatic heterocycles. The second-order valence-corrected chi connectivity index (χ2v) is 3.96. The van der Waals surface area contributed by atoms with Crippen LogP contribution in [0.1, 0.15) is 27.7 Å². The molecule has 1 atom stereocenters. The Bertz CT molecular complexity index is 190. The molecule has 0 nitrogen and oxygen atoms in total. The van der Waals surface area contributed by atoms with E-state index in [0.29, 0.717) is 5.92 Å². The molecule has 1 aliphatic rings. The topological polar surface area (TPSA) is 0 Å². The van der Waals surface area contributed by atoms with E-state index in [0.717, 1.165) is 0 Å². The van der Waals surface area contributed by atoms with Crippen molar-refractivity contribution >= 4 is 24.8 Å². The van der Waals surface area contributed by atoms with Crippen LogP contribution in [0.5, 0.6) is 0 Å². The zero-order chi connectivity index (χ0) is 7.78. The van der Waals surface area contributed by atoms with Gasteiger partial charge in [0.25, 0.3) is 0 Å². The molecule has 0 aromatic carbocycles. The first-order valence-electron chi connectivity index (χ1n) is 3.82. The van der Waals surface area contributed by atoms with Crippen molar-refractivity contribution in [2.45, 2.75) is 27.7 Å². The Morgan fingerprint density at radius 1 is 1.23 bits per heavy atom. The maximum absolute atomic E-state index is 3.40. The van der Waals surface area contributed by atoms with E-state index in [2.05, 4.69) is 45.9 Å². The largest absolute Gasteiger partial charge is 0.266 e. The first kappa shape index (κ1) is 19.5. The molecule has 0 bridgehead atoms. The van der Waals surface area contributed by atoms with Gasteiger partial charge in [0.2, 0.25) is 0 Å². The average Bonchev–Trinajstić information content (AvgIpc) is 2.11. The van der Waals surface area contributed by atoms with Gasteiger partial charge in [0, 0.05) is 26.2 Å². The molecule has 1 rings (SSSR count). The van der Waals surface area contributed by atoms with E-state index in [1.165, 1.54) is 5.57 Å². The Kier molecular flexibility index (Phi) is 10.9. The van der Waals surface area contributed by atoms with E-state index in [9.17, 15) is 0 Å². The summed E-state index contributed by atoms with van der Waals surface area (Å²) in [7, 11) is 0. The van der Waals surface area contributed by atoms with Crippen LogP contribution in [0.25, 0.3) is 0 Å². The SMILES string of the molecule is CC1[C-]=C(C(C)(C)C)C=C1.Cl.Cl.[Zr]. The van der Waals surface area contributed by atoms with E-state index >= 15 is 0 Å². The van der Waals surface area contributed by atoms with Gasteiger partial charge < -0.3 is 0 Å². The van der Waals surface area contributed by atoms with Gasteiger partial charge in [0.15, 0.2) is 0 Å². The van der Waals surface area contributed by atoms with Crippen LogP contribution in [0, 0.1) is 17.4 Å². The molecule has 0 heterocycles. The molecule has 0 spiro atoms. The molecular weight excluding hydrogens is 282 g/mol. The van der Waals surface area contributed by atoms with E-state index in [4.69, 9.17) is 0 Å². The summed E-state index contributed by atoms with van der Waals surface area (Å²) in [6, 6.07) is 0. The van der Waals surface area contributed by atoms with Crippen molar-refractivity contribution in [1.29, 1.82) is 0 Å². The summed E-state index contributed by atoms with van der Waals surface area (Å²) in [5.41, 5.74) is 1.63. The Labute approximate surface area is 113 Å². The van der Waals surface area contributed by atoms with Gasteiger partial charge in [-0.05, 0) is 5.41 Å². The first-order valence-corrected chi connectivity index (χ1v) is 3.82. The molecule has 1 aliphatic carbocycles. The van der Waals surface area contributed by atoms with Crippen molar-refractivity contribution < 1.29 is 26.2 Å². The molecule has 1 unspecified atom stereocenters. The molecule has 0 amide bonds. The predicted octanol–water partition coefficient (Wildman–Crippen LogP) is 3.81. The van der Waals surface area contributed by atoms with E-state index in [1.807, 2.05) is 0 Å². The third-order valence-corrected chi connectivity index (χ3v) is 1.74. The second kappa shape index (κ2) is 7.26. The van der Waals surface area contributed by atoms with Crippen LogP contribution in [0.2, 0.25) is 0 Å². The number of hydrogen-bond donors (Lipinski definition) is 0. The quantitative estimate of drug-likeness (QED) is 0.597. The second-order valence-electron chi connectivity index (χ2n) is 3.96. The van der Waals surface area contributed by atoms with Gasteiger partial charge in [-0.15, -0.1) is 24.8 Å². The molecular formula is C10H17Cl2Zr-. The molecule has 0 saturated carbocycles. The van der Waals surface area contributed by atoms with Crippen LogP contribution < -0.4 is 0 Å². The van der Waals surface area contributed by atoms with Crippen molar-refractivity contribution in [2.75, 3.05) is 0 Å². The van der Waals surface area contributed by atoms with Crippen molar-refractivity contribution in [3.63, 3.8) is 0 Å². The smallest absolute Gasteiger partial charge is 0 e. The number of allylic oxidation sites excluding steroid dienone is 4. The summed E-state index contributed by atoms with van der Waals surface area (Å²) in [5.74, 6) is 0.522. The molecule has 0 aromatic rings. The van der Waals surface area contributed by atoms with Gasteiger partial charge in [0.1, 0.15) is 0 Å². The summed E-state index contributed by atoms with van der Waals surface area (Å²) in [6.45, 7) is 8.82. The maximum Gasteiger partial charge on any atom is 0 e. The van der Waals surface area contributed by atoms with Gasteiger partial charge in [0.05, 0.1) is 0 Å². The standard InChI is InChI=1S/C10H15.2ClH.Zr/c1-8-5-6-9(7-8)10(2,3)4;;;/h5-6,8H,1-4H3;2*1H;/q-1;;;. The van der Waals surface area contributed by atoms with Crippen molar-refractivity contribution in [3.8, 4) is 0 Å². The van der Waals surface area contributed by atoms with Gasteiger partial charge in [-0.2, -0.15) is 6.08 Å². The number of halogens is 2. The van der Waals surface area contributed by atoms with Gasteiger partial charge in [-0.3, -0.25) is 6.08 Å². The van der Waals surface area contributed by atoms with Crippen LogP contribution >= 0.6 is 24.8 Å². The molecule has 0 saturated heterocycles. The molecule has 0 N–H and O–H groups in total. The van der Waals surface area contributed by atoms with Gasteiger partial charge >= 0.3 is 0 Å². The molecule has 0 radical (unpaired) electrons. The zero-order valence-electron chi connectivity index (χ0n) is 8.55. The van der Waals surface area contributed by atoms with Crippen molar-refractivity contribution in [1.82, 2.24) is 0 Å². The van der Waals surface area contributed by atoms with E-state index in [-0.39, 0.29) is 56.4 Å². The van der Waals surface area contributed by atoms with Crippen LogP contribution in [0.3, 0.4) is 0 Å². The van der Waals surface area contributed by atoms with Crippen LogP contribution in [0.15, 0.2) is 17.7 Å². The van der Waals surface area contributed by atoms with Crippen molar-refractivity contribution in [3.05, 3.63) is 23.8 Å². The molecule has 76 valence electrons. The summed E-state index contributed by atoms with van der Waals surface area (Å²) in [6.07, 6.45) is 7.78. The minimum absolute atomic E-state index is 0. The average molecular weight is 299 g/mol. The fraction of sp³-hybridized carbons (Fsp3) is 0.600. The zero-order valence-corrected chi connectivity index (χ0v) is 12.6. The molecule has 13 heavy (non-hydrogen) atoms.